The van der Waals surface area contributed by atoms with Crippen molar-refractivity contribution < 1.29 is 19.4 Å². The molecule has 0 aliphatic carbocycles. The van der Waals surface area contributed by atoms with Crippen LogP contribution in [-0.4, -0.2) is 28.3 Å². The minimum Gasteiger partial charge on any atom is -0.545 e. The Hall–Kier alpha value is -2.83. The van der Waals surface area contributed by atoms with E-state index in [4.69, 9.17) is 4.74 Å². The van der Waals surface area contributed by atoms with E-state index in [9.17, 15) is 19.5 Å². The third kappa shape index (κ3) is 2.46. The number of hydrogen-bond acceptors (Lipinski definition) is 5. The van der Waals surface area contributed by atoms with Crippen LogP contribution < -0.4 is 10.7 Å². The molecule has 2 aromatic rings. The number of esters is 1. The van der Waals surface area contributed by atoms with Gasteiger partial charge in [0.1, 0.15) is 5.56 Å². The second kappa shape index (κ2) is 5.43. The average Bonchev–Trinajstić information content (AvgIpc) is 2.81. The van der Waals surface area contributed by atoms with Gasteiger partial charge < -0.3 is 14.6 Å². The largest absolute Gasteiger partial charge is 0.545 e. The molecular weight excluding hydrogens is 264 g/mol. The summed E-state index contributed by atoms with van der Waals surface area (Å²) in [4.78, 5) is 34.2. The molecule has 0 aliphatic heterocycles. The van der Waals surface area contributed by atoms with Gasteiger partial charge >= 0.3 is 5.97 Å². The van der Waals surface area contributed by atoms with Gasteiger partial charge in [-0.05, 0) is 24.6 Å². The van der Waals surface area contributed by atoms with Crippen molar-refractivity contribution in [2.45, 2.75) is 6.92 Å². The lowest BCUT2D eigenvalue weighted by Crippen LogP contribution is -2.23. The van der Waals surface area contributed by atoms with Gasteiger partial charge in [-0.2, -0.15) is 0 Å². The summed E-state index contributed by atoms with van der Waals surface area (Å²) in [6, 6.07) is 5.47. The van der Waals surface area contributed by atoms with Crippen LogP contribution in [-0.2, 0) is 4.74 Å². The molecule has 7 nitrogen and oxygen atoms in total. The molecule has 0 bridgehead atoms. The maximum Gasteiger partial charge on any atom is 0.345 e. The van der Waals surface area contributed by atoms with E-state index >= 15 is 0 Å². The highest BCUT2D eigenvalue weighted by molar-refractivity contribution is 5.89. The Balaban J connectivity index is 2.37. The first kappa shape index (κ1) is 13.6. The molecule has 1 heterocycles. The Morgan fingerprint density at radius 3 is 2.50 bits per heavy atom. The van der Waals surface area contributed by atoms with Crippen molar-refractivity contribution in [3.8, 4) is 5.69 Å². The molecule has 7 heteroatoms. The van der Waals surface area contributed by atoms with Crippen LogP contribution >= 0.6 is 0 Å². The monoisotopic (exact) mass is 275 g/mol. The van der Waals surface area contributed by atoms with Crippen LogP contribution in [0.25, 0.3) is 5.69 Å². The number of benzene rings is 1. The van der Waals surface area contributed by atoms with Crippen molar-refractivity contribution in [1.29, 1.82) is 0 Å². The predicted molar refractivity (Wildman–Crippen MR) is 66.7 cm³/mol. The molecule has 0 aliphatic rings. The minimum atomic E-state index is -1.30. The zero-order chi connectivity index (χ0) is 14.7. The fraction of sp³-hybridized carbons (Fsp3) is 0.154. The zero-order valence-corrected chi connectivity index (χ0v) is 10.6. The van der Waals surface area contributed by atoms with Crippen LogP contribution in [0, 0.1) is 0 Å². The molecule has 0 fully saturated rings. The number of aromatic carboxylic acids is 1. The smallest absolute Gasteiger partial charge is 0.345 e. The lowest BCUT2D eigenvalue weighted by atomic mass is 10.2. The summed E-state index contributed by atoms with van der Waals surface area (Å²) in [5.41, 5.74) is -0.282. The summed E-state index contributed by atoms with van der Waals surface area (Å²) in [5, 5.41) is 13.3. The van der Waals surface area contributed by atoms with E-state index in [0.29, 0.717) is 5.69 Å². The molecule has 1 N–H and O–H groups in total. The van der Waals surface area contributed by atoms with Crippen LogP contribution in [0.3, 0.4) is 0 Å². The van der Waals surface area contributed by atoms with Crippen LogP contribution in [0.4, 0.5) is 0 Å². The molecule has 0 saturated heterocycles. The molecule has 20 heavy (non-hydrogen) atoms. The predicted octanol–water partition coefficient (Wildman–Crippen LogP) is -0.294. The maximum absolute atomic E-state index is 12.0. The topological polar surface area (TPSA) is 104 Å². The highest BCUT2D eigenvalue weighted by Gasteiger charge is 2.16. The summed E-state index contributed by atoms with van der Waals surface area (Å²) in [7, 11) is 0. The van der Waals surface area contributed by atoms with Crippen molar-refractivity contribution in [1.82, 2.24) is 9.78 Å². The number of carboxylic acid groups (broad SMARTS) is 1. The number of carbonyl (C=O) groups excluding carboxylic acids is 2. The minimum absolute atomic E-state index is 0.000953. The summed E-state index contributed by atoms with van der Waals surface area (Å²) in [6.07, 6.45) is 1.24. The molecular formula is C13H11N2O5-. The molecule has 0 atom stereocenters. The highest BCUT2D eigenvalue weighted by atomic mass is 16.5. The molecule has 1 aromatic carbocycles. The van der Waals surface area contributed by atoms with E-state index in [2.05, 4.69) is 5.10 Å². The van der Waals surface area contributed by atoms with Crippen molar-refractivity contribution in [2.75, 3.05) is 6.61 Å². The van der Waals surface area contributed by atoms with E-state index in [1.165, 1.54) is 30.5 Å². The number of carbonyl (C=O) groups is 2. The fourth-order valence-electron chi connectivity index (χ4n) is 1.66. The summed E-state index contributed by atoms with van der Waals surface area (Å²) < 4.78 is 5.87. The van der Waals surface area contributed by atoms with Gasteiger partial charge in [-0.1, -0.05) is 12.1 Å². The number of rotatable bonds is 4. The van der Waals surface area contributed by atoms with E-state index in [1.54, 1.807) is 6.92 Å². The lowest BCUT2D eigenvalue weighted by Gasteiger charge is -2.04. The first-order valence-corrected chi connectivity index (χ1v) is 5.84. The number of H-pyrrole nitrogens is 1. The van der Waals surface area contributed by atoms with Gasteiger partial charge in [-0.25, -0.2) is 9.48 Å². The van der Waals surface area contributed by atoms with Gasteiger partial charge in [-0.15, -0.1) is 0 Å². The molecule has 0 saturated carbocycles. The molecule has 2 rings (SSSR count). The lowest BCUT2D eigenvalue weighted by molar-refractivity contribution is -0.255. The van der Waals surface area contributed by atoms with Gasteiger partial charge in [0.2, 0.25) is 0 Å². The van der Waals surface area contributed by atoms with Crippen LogP contribution in [0.15, 0.2) is 35.3 Å². The first-order chi connectivity index (χ1) is 9.54. The molecule has 0 spiro atoms. The molecule has 0 unspecified atom stereocenters. The normalized spacial score (nSPS) is 10.2. The quantitative estimate of drug-likeness (QED) is 0.772. The van der Waals surface area contributed by atoms with Crippen molar-refractivity contribution in [2.24, 2.45) is 0 Å². The first-order valence-electron chi connectivity index (χ1n) is 5.84. The number of ether oxygens (including phenoxy) is 1. The Labute approximate surface area is 113 Å². The number of nitrogens with zero attached hydrogens (tertiary/aromatic N) is 1. The van der Waals surface area contributed by atoms with Crippen molar-refractivity contribution in [3.05, 3.63) is 51.9 Å². The van der Waals surface area contributed by atoms with Gasteiger partial charge in [0, 0.05) is 6.20 Å². The Bertz CT molecular complexity index is 696. The van der Waals surface area contributed by atoms with Gasteiger partial charge in [0.05, 0.1) is 18.3 Å². The third-order valence-electron chi connectivity index (χ3n) is 2.63. The number of nitrogens with one attached hydrogen (secondary N) is 1. The zero-order valence-electron chi connectivity index (χ0n) is 10.6. The molecule has 1 aromatic heterocycles. The standard InChI is InChI=1S/C13H12N2O5/c1-2-20-13(19)10-7-14-15(11(10)16)9-5-3-8(4-6-9)12(17)18/h3-7,14H,2H2,1H3,(H,17,18)/p-1. The molecule has 104 valence electrons. The Morgan fingerprint density at radius 2 is 1.95 bits per heavy atom. The van der Waals surface area contributed by atoms with Crippen molar-refractivity contribution >= 4 is 11.9 Å². The third-order valence-corrected chi connectivity index (χ3v) is 2.63. The van der Waals surface area contributed by atoms with E-state index in [0.717, 1.165) is 4.68 Å². The number of aromatic amines is 1. The SMILES string of the molecule is CCOC(=O)c1c[nH]n(-c2ccc(C(=O)[O-])cc2)c1=O. The van der Waals surface area contributed by atoms with Gasteiger partial charge in [0.25, 0.3) is 5.56 Å². The second-order valence-electron chi connectivity index (χ2n) is 3.88. The van der Waals surface area contributed by atoms with Crippen LogP contribution in [0.2, 0.25) is 0 Å². The van der Waals surface area contributed by atoms with E-state index < -0.39 is 17.5 Å². The summed E-state index contributed by atoms with van der Waals surface area (Å²) in [5.74, 6) is -2.01. The summed E-state index contributed by atoms with van der Waals surface area (Å²) in [6.45, 7) is 1.81. The number of hydrogen-bond donors (Lipinski definition) is 1. The van der Waals surface area contributed by atoms with Gasteiger partial charge in [0.15, 0.2) is 0 Å². The van der Waals surface area contributed by atoms with E-state index in [1.807, 2.05) is 0 Å². The van der Waals surface area contributed by atoms with E-state index in [-0.39, 0.29) is 17.7 Å². The average molecular weight is 275 g/mol. The van der Waals surface area contributed by atoms with Crippen LogP contribution in [0.1, 0.15) is 27.6 Å². The second-order valence-corrected chi connectivity index (χ2v) is 3.88. The van der Waals surface area contributed by atoms with Gasteiger partial charge in [-0.3, -0.25) is 9.89 Å². The number of aromatic nitrogens is 2. The number of carboxylic acids is 1. The highest BCUT2D eigenvalue weighted by Crippen LogP contribution is 2.07. The Kier molecular flexibility index (Phi) is 3.69. The molecule has 0 radical (unpaired) electrons. The Morgan fingerprint density at radius 1 is 1.30 bits per heavy atom. The summed E-state index contributed by atoms with van der Waals surface area (Å²) >= 11 is 0. The maximum atomic E-state index is 12.0. The fourth-order valence-corrected chi connectivity index (χ4v) is 1.66. The van der Waals surface area contributed by atoms with Crippen molar-refractivity contribution in [3.63, 3.8) is 0 Å². The van der Waals surface area contributed by atoms with Crippen LogP contribution in [0.5, 0.6) is 0 Å². The molecule has 0 amide bonds.